The summed E-state index contributed by atoms with van der Waals surface area (Å²) in [4.78, 5) is 13.0. The number of carbonyl (C=O) groups excluding carboxylic acids is 1. The third-order valence-electron chi connectivity index (χ3n) is 5.41. The SMILES string of the molecule is Cc1ccc(S(=O)(=O)N2CCCC2C(=O)Nc2nnc(-c3ccc4c(c3)OCO4)o2)cc1. The number of nitrogens with one attached hydrogen (secondary N) is 1. The van der Waals surface area contributed by atoms with Gasteiger partial charge in [-0.1, -0.05) is 22.8 Å². The minimum Gasteiger partial charge on any atom is -0.454 e. The molecule has 5 rings (SSSR count). The number of fused-ring (bicyclic) bond motifs is 1. The van der Waals surface area contributed by atoms with Crippen molar-refractivity contribution in [2.45, 2.75) is 30.7 Å². The Labute approximate surface area is 184 Å². The van der Waals surface area contributed by atoms with E-state index in [1.54, 1.807) is 42.5 Å². The summed E-state index contributed by atoms with van der Waals surface area (Å²) in [5, 5.41) is 10.4. The van der Waals surface area contributed by atoms with Crippen molar-refractivity contribution in [2.24, 2.45) is 0 Å². The topological polar surface area (TPSA) is 124 Å². The summed E-state index contributed by atoms with van der Waals surface area (Å²) in [6.45, 7) is 2.29. The Morgan fingerprint density at radius 2 is 1.88 bits per heavy atom. The van der Waals surface area contributed by atoms with Crippen molar-refractivity contribution in [3.05, 3.63) is 48.0 Å². The average Bonchev–Trinajstić information content (AvgIpc) is 3.53. The summed E-state index contributed by atoms with van der Waals surface area (Å²) >= 11 is 0. The van der Waals surface area contributed by atoms with E-state index in [0.717, 1.165) is 5.56 Å². The number of rotatable bonds is 5. The van der Waals surface area contributed by atoms with E-state index in [0.29, 0.717) is 29.9 Å². The van der Waals surface area contributed by atoms with Crippen LogP contribution >= 0.6 is 0 Å². The van der Waals surface area contributed by atoms with Crippen molar-refractivity contribution in [2.75, 3.05) is 18.7 Å². The van der Waals surface area contributed by atoms with Crippen LogP contribution in [-0.4, -0.2) is 48.2 Å². The highest BCUT2D eigenvalue weighted by atomic mass is 32.2. The number of sulfonamides is 1. The van der Waals surface area contributed by atoms with Crippen LogP contribution in [0.25, 0.3) is 11.5 Å². The number of hydrogen-bond acceptors (Lipinski definition) is 8. The van der Waals surface area contributed by atoms with E-state index in [9.17, 15) is 13.2 Å². The number of benzene rings is 2. The van der Waals surface area contributed by atoms with Crippen molar-refractivity contribution in [1.29, 1.82) is 0 Å². The first-order valence-electron chi connectivity index (χ1n) is 10.0. The molecular formula is C21H20N4O6S. The number of anilines is 1. The molecule has 1 aromatic heterocycles. The van der Waals surface area contributed by atoms with E-state index in [1.165, 1.54) is 4.31 Å². The maximum Gasteiger partial charge on any atom is 0.322 e. The van der Waals surface area contributed by atoms with Crippen LogP contribution < -0.4 is 14.8 Å². The van der Waals surface area contributed by atoms with Crippen LogP contribution in [-0.2, 0) is 14.8 Å². The normalized spacial score (nSPS) is 18.1. The van der Waals surface area contributed by atoms with Crippen LogP contribution in [0.2, 0.25) is 0 Å². The number of nitrogens with zero attached hydrogens (tertiary/aromatic N) is 3. The average molecular weight is 456 g/mol. The molecule has 0 radical (unpaired) electrons. The Hall–Kier alpha value is -3.44. The minimum absolute atomic E-state index is 0.109. The molecule has 1 N–H and O–H groups in total. The van der Waals surface area contributed by atoms with Gasteiger partial charge in [0.2, 0.25) is 28.6 Å². The van der Waals surface area contributed by atoms with Crippen molar-refractivity contribution in [3.8, 4) is 23.0 Å². The maximum atomic E-state index is 13.1. The third-order valence-corrected chi connectivity index (χ3v) is 7.33. The summed E-state index contributed by atoms with van der Waals surface area (Å²) in [5.41, 5.74) is 1.56. The molecule has 2 aromatic carbocycles. The number of aryl methyl sites for hydroxylation is 1. The number of amides is 1. The molecule has 0 saturated carbocycles. The van der Waals surface area contributed by atoms with Gasteiger partial charge < -0.3 is 13.9 Å². The fourth-order valence-electron chi connectivity index (χ4n) is 3.74. The Balaban J connectivity index is 1.32. The predicted molar refractivity (Wildman–Crippen MR) is 113 cm³/mol. The lowest BCUT2D eigenvalue weighted by Crippen LogP contribution is -2.43. The first-order valence-corrected chi connectivity index (χ1v) is 11.5. The molecule has 11 heteroatoms. The van der Waals surface area contributed by atoms with Gasteiger partial charge in [0.15, 0.2) is 11.5 Å². The lowest BCUT2D eigenvalue weighted by atomic mass is 10.2. The summed E-state index contributed by atoms with van der Waals surface area (Å²) < 4.78 is 43.5. The highest BCUT2D eigenvalue weighted by molar-refractivity contribution is 7.89. The molecule has 1 saturated heterocycles. The molecule has 0 spiro atoms. The molecule has 0 bridgehead atoms. The first-order chi connectivity index (χ1) is 15.4. The van der Waals surface area contributed by atoms with E-state index in [2.05, 4.69) is 15.5 Å². The van der Waals surface area contributed by atoms with Crippen molar-refractivity contribution < 1.29 is 27.1 Å². The van der Waals surface area contributed by atoms with E-state index < -0.39 is 22.0 Å². The molecule has 32 heavy (non-hydrogen) atoms. The van der Waals surface area contributed by atoms with Crippen LogP contribution in [0.4, 0.5) is 6.01 Å². The monoisotopic (exact) mass is 456 g/mol. The molecule has 2 aliphatic heterocycles. The molecule has 3 aromatic rings. The third kappa shape index (κ3) is 3.69. The number of aromatic nitrogens is 2. The second-order valence-electron chi connectivity index (χ2n) is 7.56. The van der Waals surface area contributed by atoms with Gasteiger partial charge in [-0.25, -0.2) is 8.42 Å². The molecule has 1 atom stereocenters. The van der Waals surface area contributed by atoms with Gasteiger partial charge in [-0.15, -0.1) is 5.10 Å². The van der Waals surface area contributed by atoms with Crippen LogP contribution in [0.3, 0.4) is 0 Å². The molecule has 2 aliphatic rings. The molecule has 1 unspecified atom stereocenters. The second-order valence-corrected chi connectivity index (χ2v) is 9.45. The largest absolute Gasteiger partial charge is 0.454 e. The lowest BCUT2D eigenvalue weighted by molar-refractivity contribution is -0.119. The van der Waals surface area contributed by atoms with E-state index in [-0.39, 0.29) is 30.1 Å². The first kappa shape index (κ1) is 20.5. The molecule has 0 aliphatic carbocycles. The van der Waals surface area contributed by atoms with Gasteiger partial charge in [-0.3, -0.25) is 10.1 Å². The van der Waals surface area contributed by atoms with Gasteiger partial charge in [0.05, 0.1) is 4.90 Å². The fourth-order valence-corrected chi connectivity index (χ4v) is 5.40. The zero-order chi connectivity index (χ0) is 22.3. The minimum atomic E-state index is -3.81. The smallest absolute Gasteiger partial charge is 0.322 e. The van der Waals surface area contributed by atoms with Crippen LogP contribution in [0.15, 0.2) is 51.8 Å². The standard InChI is InChI=1S/C21H20N4O6S/c1-13-4-7-15(8-5-13)32(27,28)25-10-2-3-16(25)19(26)22-21-24-23-20(31-21)14-6-9-17-18(11-14)30-12-29-17/h4-9,11,16H,2-3,10,12H2,1H3,(H,22,24,26). The van der Waals surface area contributed by atoms with Gasteiger partial charge in [-0.05, 0) is 50.1 Å². The fraction of sp³-hybridized carbons (Fsp3) is 0.286. The van der Waals surface area contributed by atoms with Gasteiger partial charge in [0.25, 0.3) is 0 Å². The molecule has 3 heterocycles. The summed E-state index contributed by atoms with van der Waals surface area (Å²) in [7, 11) is -3.81. The van der Waals surface area contributed by atoms with Crippen molar-refractivity contribution in [1.82, 2.24) is 14.5 Å². The maximum absolute atomic E-state index is 13.1. The van der Waals surface area contributed by atoms with Gasteiger partial charge in [0, 0.05) is 12.1 Å². The Bertz CT molecular complexity index is 1270. The van der Waals surface area contributed by atoms with Crippen LogP contribution in [0.5, 0.6) is 11.5 Å². The molecule has 1 fully saturated rings. The van der Waals surface area contributed by atoms with Gasteiger partial charge in [-0.2, -0.15) is 4.31 Å². The second kappa shape index (κ2) is 7.92. The highest BCUT2D eigenvalue weighted by Crippen LogP contribution is 2.36. The summed E-state index contributed by atoms with van der Waals surface area (Å²) in [6.07, 6.45) is 0.982. The Kier molecular flexibility index (Phi) is 5.06. The van der Waals surface area contributed by atoms with E-state index in [4.69, 9.17) is 13.9 Å². The van der Waals surface area contributed by atoms with Crippen molar-refractivity contribution >= 4 is 21.9 Å². The predicted octanol–water partition coefficient (Wildman–Crippen LogP) is 2.57. The molecular weight excluding hydrogens is 436 g/mol. The highest BCUT2D eigenvalue weighted by Gasteiger charge is 2.39. The Morgan fingerprint density at radius 3 is 2.69 bits per heavy atom. The Morgan fingerprint density at radius 1 is 1.09 bits per heavy atom. The zero-order valence-electron chi connectivity index (χ0n) is 17.1. The lowest BCUT2D eigenvalue weighted by Gasteiger charge is -2.22. The van der Waals surface area contributed by atoms with Crippen LogP contribution in [0, 0.1) is 6.92 Å². The van der Waals surface area contributed by atoms with Gasteiger partial charge >= 0.3 is 6.01 Å². The van der Waals surface area contributed by atoms with Crippen LogP contribution in [0.1, 0.15) is 18.4 Å². The quantitative estimate of drug-likeness (QED) is 0.621. The summed E-state index contributed by atoms with van der Waals surface area (Å²) in [6, 6.07) is 10.8. The zero-order valence-corrected chi connectivity index (χ0v) is 18.0. The van der Waals surface area contributed by atoms with E-state index in [1.807, 2.05) is 6.92 Å². The summed E-state index contributed by atoms with van der Waals surface area (Å²) in [5.74, 6) is 0.861. The van der Waals surface area contributed by atoms with E-state index >= 15 is 0 Å². The molecule has 166 valence electrons. The molecule has 10 nitrogen and oxygen atoms in total. The number of carbonyl (C=O) groups is 1. The molecule has 1 amide bonds. The van der Waals surface area contributed by atoms with Gasteiger partial charge in [0.1, 0.15) is 6.04 Å². The number of ether oxygens (including phenoxy) is 2. The van der Waals surface area contributed by atoms with Crippen molar-refractivity contribution in [3.63, 3.8) is 0 Å². The number of hydrogen-bond donors (Lipinski definition) is 1.